The molecule has 2 unspecified atom stereocenters. The number of benzene rings is 1. The average molecular weight is 328 g/mol. The smallest absolute Gasteiger partial charge is 0.387 e. The molecule has 0 radical (unpaired) electrons. The Hall–Kier alpha value is -1.89. The first-order valence-electron chi connectivity index (χ1n) is 7.60. The third-order valence-corrected chi connectivity index (χ3v) is 4.12. The number of carbonyl (C=O) groups excluding carboxylic acids is 1. The summed E-state index contributed by atoms with van der Waals surface area (Å²) in [6.07, 6.45) is 1.91. The van der Waals surface area contributed by atoms with Crippen LogP contribution in [0.2, 0.25) is 0 Å². The lowest BCUT2D eigenvalue weighted by Gasteiger charge is -2.34. The molecule has 128 valence electrons. The fourth-order valence-electron chi connectivity index (χ4n) is 2.80. The number of hydrogen-bond acceptors (Lipinski definition) is 4. The second-order valence-electron chi connectivity index (χ2n) is 5.76. The molecule has 0 aromatic heterocycles. The molecule has 1 aromatic carbocycles. The van der Waals surface area contributed by atoms with E-state index in [-0.39, 0.29) is 29.4 Å². The van der Waals surface area contributed by atoms with Gasteiger partial charge in [0.15, 0.2) is 11.5 Å². The molecule has 2 N–H and O–H groups in total. The number of hydrogen-bond donors (Lipinski definition) is 1. The number of halogens is 2. The van der Waals surface area contributed by atoms with Gasteiger partial charge in [-0.25, -0.2) is 0 Å². The van der Waals surface area contributed by atoms with Crippen LogP contribution in [0.3, 0.4) is 0 Å². The van der Waals surface area contributed by atoms with Gasteiger partial charge in [0.25, 0.3) is 5.91 Å². The summed E-state index contributed by atoms with van der Waals surface area (Å²) in [6.45, 7) is 0.269. The highest BCUT2D eigenvalue weighted by molar-refractivity contribution is 5.95. The van der Waals surface area contributed by atoms with E-state index >= 15 is 0 Å². The number of alkyl halides is 2. The zero-order chi connectivity index (χ0) is 17.0. The van der Waals surface area contributed by atoms with Gasteiger partial charge in [0, 0.05) is 24.7 Å². The Morgan fingerprint density at radius 3 is 2.74 bits per heavy atom. The number of nitrogens with zero attached hydrogens (tertiary/aromatic N) is 1. The minimum absolute atomic E-state index is 0.0296. The molecule has 0 saturated carbocycles. The number of carbonyl (C=O) groups is 1. The van der Waals surface area contributed by atoms with Crippen LogP contribution in [-0.4, -0.2) is 43.7 Å². The summed E-state index contributed by atoms with van der Waals surface area (Å²) in [6, 6.07) is 4.25. The molecule has 2 atom stereocenters. The van der Waals surface area contributed by atoms with Crippen molar-refractivity contribution in [3.63, 3.8) is 0 Å². The Bertz CT molecular complexity index is 552. The van der Waals surface area contributed by atoms with Crippen molar-refractivity contribution in [3.8, 4) is 11.5 Å². The summed E-state index contributed by atoms with van der Waals surface area (Å²) >= 11 is 0. The first kappa shape index (κ1) is 17.5. The molecular weight excluding hydrogens is 306 g/mol. The maximum absolute atomic E-state index is 12.6. The molecule has 23 heavy (non-hydrogen) atoms. The molecular formula is C16H22F2N2O3. The molecule has 1 fully saturated rings. The average Bonchev–Trinajstić information content (AvgIpc) is 2.54. The van der Waals surface area contributed by atoms with Crippen molar-refractivity contribution >= 4 is 5.91 Å². The second kappa shape index (κ2) is 7.59. The fourth-order valence-corrected chi connectivity index (χ4v) is 2.80. The first-order chi connectivity index (χ1) is 10.9. The third-order valence-electron chi connectivity index (χ3n) is 4.12. The number of rotatable bonds is 5. The predicted octanol–water partition coefficient (Wildman–Crippen LogP) is 2.50. The summed E-state index contributed by atoms with van der Waals surface area (Å²) in [5.41, 5.74) is 6.32. The SMILES string of the molecule is COc1cc(C(=O)N2CCCC(C(C)N)C2)ccc1OC(F)F. The van der Waals surface area contributed by atoms with Crippen LogP contribution in [-0.2, 0) is 0 Å². The van der Waals surface area contributed by atoms with E-state index in [0.717, 1.165) is 12.8 Å². The van der Waals surface area contributed by atoms with E-state index in [1.54, 1.807) is 4.90 Å². The third kappa shape index (κ3) is 4.31. The van der Waals surface area contributed by atoms with E-state index in [0.29, 0.717) is 18.7 Å². The van der Waals surface area contributed by atoms with Crippen molar-refractivity contribution in [2.75, 3.05) is 20.2 Å². The fraction of sp³-hybridized carbons (Fsp3) is 0.562. The van der Waals surface area contributed by atoms with Gasteiger partial charge in [-0.1, -0.05) is 0 Å². The zero-order valence-corrected chi connectivity index (χ0v) is 13.3. The Morgan fingerprint density at radius 2 is 2.13 bits per heavy atom. The number of methoxy groups -OCH3 is 1. The largest absolute Gasteiger partial charge is 0.493 e. The molecule has 7 heteroatoms. The molecule has 1 amide bonds. The minimum atomic E-state index is -2.95. The Labute approximate surface area is 134 Å². The van der Waals surface area contributed by atoms with Gasteiger partial charge in [-0.2, -0.15) is 8.78 Å². The van der Waals surface area contributed by atoms with Crippen LogP contribution in [0.4, 0.5) is 8.78 Å². The van der Waals surface area contributed by atoms with Crippen LogP contribution in [0.25, 0.3) is 0 Å². The lowest BCUT2D eigenvalue weighted by atomic mass is 9.92. The Kier molecular flexibility index (Phi) is 5.76. The van der Waals surface area contributed by atoms with Gasteiger partial charge < -0.3 is 20.1 Å². The number of piperidine rings is 1. The molecule has 5 nitrogen and oxygen atoms in total. The van der Waals surface area contributed by atoms with Crippen molar-refractivity contribution < 1.29 is 23.0 Å². The van der Waals surface area contributed by atoms with Crippen LogP contribution in [0.5, 0.6) is 11.5 Å². The standard InChI is InChI=1S/C16H22F2N2O3/c1-10(19)12-4-3-7-20(9-12)15(21)11-5-6-13(23-16(17)18)14(8-11)22-2/h5-6,8,10,12,16H,3-4,7,9,19H2,1-2H3. The number of ether oxygens (including phenoxy) is 2. The van der Waals surface area contributed by atoms with E-state index < -0.39 is 6.61 Å². The highest BCUT2D eigenvalue weighted by atomic mass is 19.3. The maximum atomic E-state index is 12.6. The summed E-state index contributed by atoms with van der Waals surface area (Å²) in [4.78, 5) is 14.4. The number of nitrogens with two attached hydrogens (primary N) is 1. The van der Waals surface area contributed by atoms with Crippen LogP contribution >= 0.6 is 0 Å². The van der Waals surface area contributed by atoms with E-state index in [2.05, 4.69) is 4.74 Å². The van der Waals surface area contributed by atoms with Gasteiger partial charge in [0.1, 0.15) is 0 Å². The number of amides is 1. The molecule has 0 bridgehead atoms. The molecule has 1 aliphatic heterocycles. The summed E-state index contributed by atoms with van der Waals surface area (Å²) < 4.78 is 34.1. The predicted molar refractivity (Wildman–Crippen MR) is 81.9 cm³/mol. The highest BCUT2D eigenvalue weighted by Gasteiger charge is 2.27. The highest BCUT2D eigenvalue weighted by Crippen LogP contribution is 2.30. The quantitative estimate of drug-likeness (QED) is 0.902. The molecule has 1 aromatic rings. The molecule has 1 saturated heterocycles. The summed E-state index contributed by atoms with van der Waals surface area (Å²) in [7, 11) is 1.34. The Balaban J connectivity index is 2.15. The van der Waals surface area contributed by atoms with Crippen molar-refractivity contribution in [1.29, 1.82) is 0 Å². The van der Waals surface area contributed by atoms with Crippen molar-refractivity contribution in [3.05, 3.63) is 23.8 Å². The van der Waals surface area contributed by atoms with Gasteiger partial charge in [0.05, 0.1) is 7.11 Å². The van der Waals surface area contributed by atoms with Crippen molar-refractivity contribution in [1.82, 2.24) is 4.90 Å². The van der Waals surface area contributed by atoms with Gasteiger partial charge in [-0.05, 0) is 43.9 Å². The minimum Gasteiger partial charge on any atom is -0.493 e. The normalized spacial score (nSPS) is 19.6. The lowest BCUT2D eigenvalue weighted by Crippen LogP contribution is -2.45. The second-order valence-corrected chi connectivity index (χ2v) is 5.76. The lowest BCUT2D eigenvalue weighted by molar-refractivity contribution is -0.0512. The van der Waals surface area contributed by atoms with E-state index in [1.165, 1.54) is 25.3 Å². The maximum Gasteiger partial charge on any atom is 0.387 e. The molecule has 1 aliphatic rings. The molecule has 1 heterocycles. The van der Waals surface area contributed by atoms with Gasteiger partial charge in [-0.15, -0.1) is 0 Å². The van der Waals surface area contributed by atoms with E-state index in [1.807, 2.05) is 6.92 Å². The van der Waals surface area contributed by atoms with Gasteiger partial charge >= 0.3 is 6.61 Å². The van der Waals surface area contributed by atoms with Crippen molar-refractivity contribution in [2.24, 2.45) is 11.7 Å². The van der Waals surface area contributed by atoms with Crippen LogP contribution in [0.1, 0.15) is 30.1 Å². The van der Waals surface area contributed by atoms with Gasteiger partial charge in [0.2, 0.25) is 0 Å². The summed E-state index contributed by atoms with van der Waals surface area (Å²) in [5, 5.41) is 0. The zero-order valence-electron chi connectivity index (χ0n) is 13.3. The first-order valence-corrected chi connectivity index (χ1v) is 7.60. The molecule has 2 rings (SSSR count). The van der Waals surface area contributed by atoms with Gasteiger partial charge in [-0.3, -0.25) is 4.79 Å². The van der Waals surface area contributed by atoms with Crippen molar-refractivity contribution in [2.45, 2.75) is 32.4 Å². The molecule has 0 aliphatic carbocycles. The monoisotopic (exact) mass is 328 g/mol. The topological polar surface area (TPSA) is 64.8 Å². The van der Waals surface area contributed by atoms with Crippen LogP contribution in [0, 0.1) is 5.92 Å². The summed E-state index contributed by atoms with van der Waals surface area (Å²) in [5.74, 6) is 0.135. The number of likely N-dealkylation sites (tertiary alicyclic amines) is 1. The van der Waals surface area contributed by atoms with E-state index in [9.17, 15) is 13.6 Å². The van der Waals surface area contributed by atoms with E-state index in [4.69, 9.17) is 10.5 Å². The molecule has 0 spiro atoms. The Morgan fingerprint density at radius 1 is 1.39 bits per heavy atom. The van der Waals surface area contributed by atoms with Crippen LogP contribution in [0.15, 0.2) is 18.2 Å². The van der Waals surface area contributed by atoms with Crippen LogP contribution < -0.4 is 15.2 Å².